The number of hydrazine groups is 1. The van der Waals surface area contributed by atoms with E-state index < -0.39 is 5.91 Å². The van der Waals surface area contributed by atoms with E-state index in [2.05, 4.69) is 22.2 Å². The van der Waals surface area contributed by atoms with Crippen LogP contribution in [0.5, 0.6) is 5.75 Å². The summed E-state index contributed by atoms with van der Waals surface area (Å²) in [6.45, 7) is 3.77. The summed E-state index contributed by atoms with van der Waals surface area (Å²) in [5, 5.41) is 4.09. The number of ether oxygens (including phenoxy) is 1. The number of benzene rings is 2. The van der Waals surface area contributed by atoms with Crippen molar-refractivity contribution in [2.24, 2.45) is 0 Å². The van der Waals surface area contributed by atoms with E-state index in [0.717, 1.165) is 16.8 Å². The Morgan fingerprint density at radius 2 is 1.76 bits per heavy atom. The molecule has 25 heavy (non-hydrogen) atoms. The summed E-state index contributed by atoms with van der Waals surface area (Å²) in [6.07, 6.45) is 0. The van der Waals surface area contributed by atoms with E-state index >= 15 is 0 Å². The maximum absolute atomic E-state index is 11.8. The van der Waals surface area contributed by atoms with Crippen molar-refractivity contribution in [1.29, 1.82) is 0 Å². The minimum Gasteiger partial charge on any atom is -0.482 e. The van der Waals surface area contributed by atoms with Crippen LogP contribution in [0, 0.1) is 13.8 Å². The van der Waals surface area contributed by atoms with Crippen molar-refractivity contribution < 1.29 is 9.53 Å². The molecule has 8 heteroatoms. The topological polar surface area (TPSA) is 62.4 Å². The van der Waals surface area contributed by atoms with Crippen molar-refractivity contribution in [3.05, 3.63) is 57.6 Å². The molecule has 2 aromatic rings. The van der Waals surface area contributed by atoms with Gasteiger partial charge in [0.25, 0.3) is 5.91 Å². The fourth-order valence-corrected chi connectivity index (χ4v) is 2.74. The lowest BCUT2D eigenvalue weighted by atomic mass is 10.1. The van der Waals surface area contributed by atoms with Gasteiger partial charge in [0, 0.05) is 10.7 Å². The Bertz CT molecular complexity index is 779. The standard InChI is InChI=1S/C17H17Cl2N3O2S/c1-10-5-11(2)7-13(6-10)20-17(25)22-21-16(23)9-24-15-4-3-12(18)8-14(15)19/h3-8H,9H2,1-2H3,(H,21,23)(H2,20,22,25). The van der Waals surface area contributed by atoms with Gasteiger partial charge in [-0.1, -0.05) is 29.3 Å². The van der Waals surface area contributed by atoms with Crippen LogP contribution in [-0.2, 0) is 4.79 Å². The van der Waals surface area contributed by atoms with Crippen molar-refractivity contribution in [2.75, 3.05) is 11.9 Å². The molecule has 132 valence electrons. The molecular weight excluding hydrogens is 381 g/mol. The second-order valence-corrected chi connectivity index (χ2v) is 6.62. The molecule has 0 spiro atoms. The van der Waals surface area contributed by atoms with Gasteiger partial charge in [0.1, 0.15) is 5.75 Å². The van der Waals surface area contributed by atoms with Gasteiger partial charge in [-0.3, -0.25) is 15.6 Å². The predicted octanol–water partition coefficient (Wildman–Crippen LogP) is 4.01. The van der Waals surface area contributed by atoms with E-state index in [1.54, 1.807) is 12.1 Å². The van der Waals surface area contributed by atoms with E-state index in [4.69, 9.17) is 40.2 Å². The zero-order chi connectivity index (χ0) is 18.4. The summed E-state index contributed by atoms with van der Waals surface area (Å²) in [4.78, 5) is 11.8. The molecular formula is C17H17Cl2N3O2S. The Morgan fingerprint density at radius 1 is 1.08 bits per heavy atom. The average Bonchev–Trinajstić information content (AvgIpc) is 2.51. The fourth-order valence-electron chi connectivity index (χ4n) is 2.11. The van der Waals surface area contributed by atoms with E-state index in [0.29, 0.717) is 15.8 Å². The second-order valence-electron chi connectivity index (χ2n) is 5.37. The lowest BCUT2D eigenvalue weighted by molar-refractivity contribution is -0.123. The molecule has 1 amide bonds. The quantitative estimate of drug-likeness (QED) is 0.537. The van der Waals surface area contributed by atoms with Crippen LogP contribution in [-0.4, -0.2) is 17.6 Å². The average molecular weight is 398 g/mol. The van der Waals surface area contributed by atoms with Gasteiger partial charge in [-0.15, -0.1) is 0 Å². The Kier molecular flexibility index (Phi) is 6.87. The smallest absolute Gasteiger partial charge is 0.276 e. The molecule has 0 atom stereocenters. The number of thiocarbonyl (C=S) groups is 1. The number of hydrogen-bond acceptors (Lipinski definition) is 3. The predicted molar refractivity (Wildman–Crippen MR) is 105 cm³/mol. The molecule has 0 aliphatic rings. The molecule has 0 saturated heterocycles. The van der Waals surface area contributed by atoms with Crippen LogP contribution >= 0.6 is 35.4 Å². The molecule has 0 radical (unpaired) electrons. The van der Waals surface area contributed by atoms with Crippen molar-refractivity contribution in [2.45, 2.75) is 13.8 Å². The van der Waals surface area contributed by atoms with Gasteiger partial charge in [0.2, 0.25) is 0 Å². The van der Waals surface area contributed by atoms with E-state index in [1.165, 1.54) is 6.07 Å². The molecule has 2 rings (SSSR count). The lowest BCUT2D eigenvalue weighted by Crippen LogP contribution is -2.45. The van der Waals surface area contributed by atoms with Crippen LogP contribution in [0.15, 0.2) is 36.4 Å². The molecule has 0 unspecified atom stereocenters. The fraction of sp³-hybridized carbons (Fsp3) is 0.176. The first-order valence-electron chi connectivity index (χ1n) is 7.35. The molecule has 3 N–H and O–H groups in total. The number of amides is 1. The molecule has 0 aliphatic heterocycles. The van der Waals surface area contributed by atoms with Crippen molar-refractivity contribution in [3.8, 4) is 5.75 Å². The Morgan fingerprint density at radius 3 is 2.40 bits per heavy atom. The Balaban J connectivity index is 1.78. The molecule has 0 heterocycles. The van der Waals surface area contributed by atoms with Gasteiger partial charge < -0.3 is 10.1 Å². The normalized spacial score (nSPS) is 10.1. The van der Waals surface area contributed by atoms with Gasteiger partial charge in [0.15, 0.2) is 11.7 Å². The first-order valence-corrected chi connectivity index (χ1v) is 8.52. The largest absolute Gasteiger partial charge is 0.482 e. The number of hydrogen-bond donors (Lipinski definition) is 3. The molecule has 0 fully saturated rings. The van der Waals surface area contributed by atoms with Gasteiger partial charge in [-0.2, -0.15) is 0 Å². The molecule has 0 aliphatic carbocycles. The number of carbonyl (C=O) groups is 1. The SMILES string of the molecule is Cc1cc(C)cc(NC(=S)NNC(=O)COc2ccc(Cl)cc2Cl)c1. The highest BCUT2D eigenvalue weighted by Gasteiger charge is 2.07. The highest BCUT2D eigenvalue weighted by molar-refractivity contribution is 7.80. The van der Waals surface area contributed by atoms with Gasteiger partial charge >= 0.3 is 0 Å². The maximum atomic E-state index is 11.8. The number of anilines is 1. The van der Waals surface area contributed by atoms with E-state index in [-0.39, 0.29) is 11.7 Å². The number of aryl methyl sites for hydroxylation is 2. The zero-order valence-corrected chi connectivity index (χ0v) is 16.0. The number of halogens is 2. The van der Waals surface area contributed by atoms with Gasteiger partial charge in [-0.05, 0) is 67.5 Å². The van der Waals surface area contributed by atoms with Crippen molar-refractivity contribution >= 4 is 52.1 Å². The van der Waals surface area contributed by atoms with Crippen LogP contribution in [0.4, 0.5) is 5.69 Å². The Hall–Kier alpha value is -2.02. The zero-order valence-electron chi connectivity index (χ0n) is 13.7. The van der Waals surface area contributed by atoms with Crippen molar-refractivity contribution in [3.63, 3.8) is 0 Å². The summed E-state index contributed by atoms with van der Waals surface area (Å²) < 4.78 is 5.33. The summed E-state index contributed by atoms with van der Waals surface area (Å²) in [6, 6.07) is 10.7. The molecule has 2 aromatic carbocycles. The summed E-state index contributed by atoms with van der Waals surface area (Å²) in [5.41, 5.74) is 8.13. The number of nitrogens with one attached hydrogen (secondary N) is 3. The summed E-state index contributed by atoms with van der Waals surface area (Å²) >= 11 is 16.9. The second kappa shape index (κ2) is 8.89. The van der Waals surface area contributed by atoms with Crippen LogP contribution in [0.25, 0.3) is 0 Å². The van der Waals surface area contributed by atoms with Crippen LogP contribution in [0.2, 0.25) is 10.0 Å². The first kappa shape index (κ1) is 19.3. The number of rotatable bonds is 4. The van der Waals surface area contributed by atoms with E-state index in [9.17, 15) is 4.79 Å². The minimum atomic E-state index is -0.407. The maximum Gasteiger partial charge on any atom is 0.276 e. The van der Waals surface area contributed by atoms with Gasteiger partial charge in [0.05, 0.1) is 5.02 Å². The summed E-state index contributed by atoms with van der Waals surface area (Å²) in [5.74, 6) is -0.0345. The third kappa shape index (κ3) is 6.42. The molecule has 0 bridgehead atoms. The molecule has 5 nitrogen and oxygen atoms in total. The lowest BCUT2D eigenvalue weighted by Gasteiger charge is -2.13. The number of carbonyl (C=O) groups excluding carboxylic acids is 1. The Labute approximate surface area is 161 Å². The molecule has 0 aromatic heterocycles. The molecule has 0 saturated carbocycles. The first-order chi connectivity index (χ1) is 11.8. The van der Waals surface area contributed by atoms with Crippen LogP contribution < -0.4 is 20.9 Å². The van der Waals surface area contributed by atoms with Gasteiger partial charge in [-0.25, -0.2) is 0 Å². The highest BCUT2D eigenvalue weighted by Crippen LogP contribution is 2.27. The monoisotopic (exact) mass is 397 g/mol. The van der Waals surface area contributed by atoms with Crippen molar-refractivity contribution in [1.82, 2.24) is 10.9 Å². The summed E-state index contributed by atoms with van der Waals surface area (Å²) in [7, 11) is 0. The highest BCUT2D eigenvalue weighted by atomic mass is 35.5. The minimum absolute atomic E-state index is 0.222. The third-order valence-electron chi connectivity index (χ3n) is 3.05. The van der Waals surface area contributed by atoms with E-state index in [1.807, 2.05) is 26.0 Å². The van der Waals surface area contributed by atoms with Crippen LogP contribution in [0.1, 0.15) is 11.1 Å². The third-order valence-corrected chi connectivity index (χ3v) is 3.78. The van der Waals surface area contributed by atoms with Crippen LogP contribution in [0.3, 0.4) is 0 Å².